The van der Waals surface area contributed by atoms with Gasteiger partial charge in [0.15, 0.2) is 0 Å². The van der Waals surface area contributed by atoms with Gasteiger partial charge in [0.25, 0.3) is 0 Å². The predicted molar refractivity (Wildman–Crippen MR) is 86.6 cm³/mol. The normalized spacial score (nSPS) is 30.9. The molecule has 0 amide bonds. The third-order valence-corrected chi connectivity index (χ3v) is 4.25. The molecule has 0 saturated carbocycles. The van der Waals surface area contributed by atoms with Crippen LogP contribution in [0.15, 0.2) is 64.8 Å². The summed E-state index contributed by atoms with van der Waals surface area (Å²) in [6.45, 7) is 4.38. The second kappa shape index (κ2) is 4.71. The largest absolute Gasteiger partial charge is 0.268 e. The van der Waals surface area contributed by atoms with Crippen LogP contribution in [0, 0.1) is 10.8 Å². The maximum absolute atomic E-state index is 4.69. The first-order chi connectivity index (χ1) is 9.63. The van der Waals surface area contributed by atoms with Gasteiger partial charge in [-0.15, -0.1) is 0 Å². The highest BCUT2D eigenvalue weighted by Gasteiger charge is 2.39. The molecule has 0 bridgehead atoms. The minimum atomic E-state index is -0.210. The summed E-state index contributed by atoms with van der Waals surface area (Å²) in [5, 5.41) is 0. The van der Waals surface area contributed by atoms with E-state index >= 15 is 0 Å². The standard InChI is InChI=1S/C18H18N2/c1-17(10-5-6-12-19-13-17)18(2)11-9-15-7-3-4-8-16(15)20-14-18/h3-14H,1-2H3. The molecule has 2 nitrogen and oxygen atoms in total. The van der Waals surface area contributed by atoms with Gasteiger partial charge in [0.2, 0.25) is 0 Å². The van der Waals surface area contributed by atoms with Gasteiger partial charge in [-0.3, -0.25) is 9.98 Å². The summed E-state index contributed by atoms with van der Waals surface area (Å²) in [6, 6.07) is 8.20. The Hall–Kier alpha value is -2.22. The van der Waals surface area contributed by atoms with Crippen LogP contribution >= 0.6 is 0 Å². The van der Waals surface area contributed by atoms with Gasteiger partial charge in [-0.05, 0) is 31.6 Å². The van der Waals surface area contributed by atoms with Gasteiger partial charge in [-0.2, -0.15) is 0 Å². The first kappa shape index (κ1) is 12.8. The zero-order valence-corrected chi connectivity index (χ0v) is 11.8. The van der Waals surface area contributed by atoms with E-state index in [1.54, 1.807) is 0 Å². The van der Waals surface area contributed by atoms with Crippen molar-refractivity contribution in [1.29, 1.82) is 0 Å². The Balaban J connectivity index is 2.07. The number of hydrogen-bond donors (Lipinski definition) is 0. The van der Waals surface area contributed by atoms with Crippen LogP contribution in [0.2, 0.25) is 0 Å². The van der Waals surface area contributed by atoms with Crippen molar-refractivity contribution in [3.63, 3.8) is 0 Å². The predicted octanol–water partition coefficient (Wildman–Crippen LogP) is 4.58. The van der Waals surface area contributed by atoms with Gasteiger partial charge in [-0.25, -0.2) is 0 Å². The van der Waals surface area contributed by atoms with E-state index in [0.29, 0.717) is 0 Å². The maximum atomic E-state index is 4.69. The number of aliphatic imine (C=N–C) groups is 2. The van der Waals surface area contributed by atoms with Crippen molar-refractivity contribution in [2.24, 2.45) is 20.8 Å². The number of hydrogen-bond acceptors (Lipinski definition) is 2. The third kappa shape index (κ3) is 2.07. The zero-order valence-electron chi connectivity index (χ0n) is 11.8. The summed E-state index contributed by atoms with van der Waals surface area (Å²) < 4.78 is 0. The van der Waals surface area contributed by atoms with Crippen LogP contribution in [-0.2, 0) is 0 Å². The maximum Gasteiger partial charge on any atom is 0.0698 e. The number of fused-ring (bicyclic) bond motifs is 1. The molecule has 0 aromatic heterocycles. The van der Waals surface area contributed by atoms with Gasteiger partial charge >= 0.3 is 0 Å². The van der Waals surface area contributed by atoms with Gasteiger partial charge in [-0.1, -0.05) is 42.5 Å². The molecule has 2 aliphatic heterocycles. The van der Waals surface area contributed by atoms with Crippen molar-refractivity contribution < 1.29 is 0 Å². The van der Waals surface area contributed by atoms with Crippen molar-refractivity contribution in [2.45, 2.75) is 13.8 Å². The highest BCUT2D eigenvalue weighted by molar-refractivity contribution is 5.87. The molecule has 0 spiro atoms. The van der Waals surface area contributed by atoms with Crippen LogP contribution in [0.3, 0.4) is 0 Å². The summed E-state index contributed by atoms with van der Waals surface area (Å²) in [5.41, 5.74) is 1.77. The lowest BCUT2D eigenvalue weighted by Crippen LogP contribution is -2.37. The van der Waals surface area contributed by atoms with Gasteiger partial charge in [0, 0.05) is 29.5 Å². The number of nitrogens with zero attached hydrogens (tertiary/aromatic N) is 2. The fourth-order valence-corrected chi connectivity index (χ4v) is 2.49. The smallest absolute Gasteiger partial charge is 0.0698 e. The molecule has 1 aromatic carbocycles. The molecule has 2 unspecified atom stereocenters. The average Bonchev–Trinajstić information content (AvgIpc) is 2.78. The van der Waals surface area contributed by atoms with Crippen molar-refractivity contribution in [1.82, 2.24) is 0 Å². The molecule has 0 fully saturated rings. The highest BCUT2D eigenvalue weighted by atomic mass is 14.8. The second-order valence-corrected chi connectivity index (χ2v) is 5.69. The molecule has 3 rings (SSSR count). The zero-order chi connectivity index (χ0) is 14.1. The molecule has 2 atom stereocenters. The van der Waals surface area contributed by atoms with E-state index < -0.39 is 0 Å². The number of allylic oxidation sites excluding steroid dienone is 4. The van der Waals surface area contributed by atoms with E-state index in [1.165, 1.54) is 0 Å². The van der Waals surface area contributed by atoms with Crippen LogP contribution in [0.5, 0.6) is 0 Å². The lowest BCUT2D eigenvalue weighted by Gasteiger charge is -2.36. The molecular weight excluding hydrogens is 244 g/mol. The number of benzene rings is 1. The van der Waals surface area contributed by atoms with Crippen molar-refractivity contribution in [3.8, 4) is 0 Å². The minimum Gasteiger partial charge on any atom is -0.268 e. The lowest BCUT2D eigenvalue weighted by atomic mass is 9.66. The van der Waals surface area contributed by atoms with Crippen molar-refractivity contribution in [3.05, 3.63) is 60.3 Å². The molecule has 0 N–H and O–H groups in total. The van der Waals surface area contributed by atoms with Gasteiger partial charge in [0.05, 0.1) is 5.69 Å². The second-order valence-electron chi connectivity index (χ2n) is 5.69. The van der Waals surface area contributed by atoms with Crippen molar-refractivity contribution in [2.75, 3.05) is 0 Å². The van der Waals surface area contributed by atoms with E-state index in [4.69, 9.17) is 0 Å². The topological polar surface area (TPSA) is 24.7 Å². The molecule has 2 aliphatic rings. The SMILES string of the molecule is CC1(C2(C)C=Cc3ccccc3N=C2)C=CC=CN=C1. The van der Waals surface area contributed by atoms with E-state index in [2.05, 4.69) is 54.2 Å². The molecule has 2 heterocycles. The number of para-hydroxylation sites is 1. The van der Waals surface area contributed by atoms with Gasteiger partial charge < -0.3 is 0 Å². The van der Waals surface area contributed by atoms with E-state index in [1.807, 2.05) is 42.9 Å². The summed E-state index contributed by atoms with van der Waals surface area (Å²) in [6.07, 6.45) is 16.4. The Labute approximate surface area is 120 Å². The first-order valence-electron chi connectivity index (χ1n) is 6.85. The Morgan fingerprint density at radius 1 is 0.900 bits per heavy atom. The van der Waals surface area contributed by atoms with E-state index in [0.717, 1.165) is 11.3 Å². The molecular formula is C18H18N2. The molecule has 0 radical (unpaired) electrons. The summed E-state index contributed by atoms with van der Waals surface area (Å²) >= 11 is 0. The van der Waals surface area contributed by atoms with Crippen LogP contribution in [-0.4, -0.2) is 12.4 Å². The Bertz CT molecular complexity index is 611. The fourth-order valence-electron chi connectivity index (χ4n) is 2.49. The molecule has 0 saturated heterocycles. The average molecular weight is 262 g/mol. The first-order valence-corrected chi connectivity index (χ1v) is 6.85. The fraction of sp³-hybridized carbons (Fsp3) is 0.222. The van der Waals surface area contributed by atoms with E-state index in [9.17, 15) is 0 Å². The Morgan fingerprint density at radius 2 is 1.70 bits per heavy atom. The van der Waals surface area contributed by atoms with Crippen LogP contribution in [0.4, 0.5) is 5.69 Å². The monoisotopic (exact) mass is 262 g/mol. The van der Waals surface area contributed by atoms with E-state index in [-0.39, 0.29) is 10.8 Å². The van der Waals surface area contributed by atoms with Crippen LogP contribution < -0.4 is 0 Å². The summed E-state index contributed by atoms with van der Waals surface area (Å²) in [4.78, 5) is 9.05. The quantitative estimate of drug-likeness (QED) is 0.707. The summed E-state index contributed by atoms with van der Waals surface area (Å²) in [5.74, 6) is 0. The summed E-state index contributed by atoms with van der Waals surface area (Å²) in [7, 11) is 0. The minimum absolute atomic E-state index is 0.196. The lowest BCUT2D eigenvalue weighted by molar-refractivity contribution is 0.393. The number of rotatable bonds is 1. The molecule has 2 heteroatoms. The van der Waals surface area contributed by atoms with Crippen molar-refractivity contribution >= 4 is 24.2 Å². The Morgan fingerprint density at radius 3 is 2.60 bits per heavy atom. The Kier molecular flexibility index (Phi) is 3.01. The molecule has 0 aliphatic carbocycles. The molecule has 1 aromatic rings. The van der Waals surface area contributed by atoms with Crippen LogP contribution in [0.1, 0.15) is 19.4 Å². The molecule has 100 valence electrons. The molecule has 20 heavy (non-hydrogen) atoms. The third-order valence-electron chi connectivity index (χ3n) is 4.25. The highest BCUT2D eigenvalue weighted by Crippen LogP contribution is 2.42. The van der Waals surface area contributed by atoms with Crippen LogP contribution in [0.25, 0.3) is 6.08 Å². The van der Waals surface area contributed by atoms with Gasteiger partial charge in [0.1, 0.15) is 0 Å².